The largest absolute Gasteiger partial charge is 0.367 e. The van der Waals surface area contributed by atoms with Crippen LogP contribution in [0.5, 0.6) is 0 Å². The maximum atomic E-state index is 3.20. The molecule has 0 amide bonds. The molecule has 12 heavy (non-hydrogen) atoms. The molecule has 1 heterocycles. The third-order valence-electron chi connectivity index (χ3n) is 2.96. The second-order valence-corrected chi connectivity index (χ2v) is 3.90. The fourth-order valence-corrected chi connectivity index (χ4v) is 2.28. The van der Waals surface area contributed by atoms with E-state index in [1.54, 1.807) is 11.1 Å². The van der Waals surface area contributed by atoms with Crippen LogP contribution in [0.25, 0.3) is 0 Å². The molecule has 1 aliphatic carbocycles. The van der Waals surface area contributed by atoms with Crippen molar-refractivity contribution in [3.05, 3.63) is 23.5 Å². The lowest BCUT2D eigenvalue weighted by Gasteiger charge is -2.21. The fourth-order valence-electron chi connectivity index (χ4n) is 2.28. The summed E-state index contributed by atoms with van der Waals surface area (Å²) in [6.07, 6.45) is 11.1. The summed E-state index contributed by atoms with van der Waals surface area (Å²) in [4.78, 5) is 3.20. The molecule has 1 aliphatic rings. The van der Waals surface area contributed by atoms with Crippen molar-refractivity contribution in [1.29, 1.82) is 0 Å². The summed E-state index contributed by atoms with van der Waals surface area (Å²) in [7, 11) is 0. The molecule has 0 aliphatic heterocycles. The number of rotatable bonds is 2. The molecule has 1 heteroatoms. The molecule has 0 saturated heterocycles. The van der Waals surface area contributed by atoms with E-state index in [1.807, 2.05) is 0 Å². The van der Waals surface area contributed by atoms with Crippen molar-refractivity contribution in [2.75, 3.05) is 0 Å². The van der Waals surface area contributed by atoms with Gasteiger partial charge in [0.15, 0.2) is 0 Å². The van der Waals surface area contributed by atoms with Crippen molar-refractivity contribution in [3.8, 4) is 0 Å². The van der Waals surface area contributed by atoms with Crippen LogP contribution < -0.4 is 0 Å². The quantitative estimate of drug-likeness (QED) is 0.690. The van der Waals surface area contributed by atoms with Crippen LogP contribution in [0.4, 0.5) is 0 Å². The highest BCUT2D eigenvalue weighted by Crippen LogP contribution is 2.27. The van der Waals surface area contributed by atoms with Gasteiger partial charge in [-0.05, 0) is 36.3 Å². The Labute approximate surface area is 74.2 Å². The first-order valence-electron chi connectivity index (χ1n) is 5.04. The van der Waals surface area contributed by atoms with Crippen LogP contribution in [0.2, 0.25) is 0 Å². The Morgan fingerprint density at radius 2 is 2.25 bits per heavy atom. The highest BCUT2D eigenvalue weighted by atomic mass is 14.6. The summed E-state index contributed by atoms with van der Waals surface area (Å²) in [5.74, 6) is 0.957. The van der Waals surface area contributed by atoms with E-state index >= 15 is 0 Å². The van der Waals surface area contributed by atoms with E-state index in [4.69, 9.17) is 0 Å². The van der Waals surface area contributed by atoms with E-state index in [0.717, 1.165) is 5.92 Å². The van der Waals surface area contributed by atoms with Crippen molar-refractivity contribution >= 4 is 0 Å². The normalized spacial score (nSPS) is 22.2. The van der Waals surface area contributed by atoms with Crippen LogP contribution in [-0.4, -0.2) is 4.98 Å². The molecule has 0 aromatic carbocycles. The van der Waals surface area contributed by atoms with E-state index < -0.39 is 0 Å². The van der Waals surface area contributed by atoms with Crippen molar-refractivity contribution in [1.82, 2.24) is 4.98 Å². The van der Waals surface area contributed by atoms with Gasteiger partial charge in [-0.2, -0.15) is 0 Å². The number of aromatic amines is 1. The van der Waals surface area contributed by atoms with E-state index in [-0.39, 0.29) is 0 Å². The van der Waals surface area contributed by atoms with Gasteiger partial charge < -0.3 is 4.98 Å². The minimum Gasteiger partial charge on any atom is -0.367 e. The van der Waals surface area contributed by atoms with E-state index in [1.165, 1.54) is 32.1 Å². The number of aryl methyl sites for hydroxylation is 1. The molecule has 0 radical (unpaired) electrons. The summed E-state index contributed by atoms with van der Waals surface area (Å²) < 4.78 is 0. The van der Waals surface area contributed by atoms with Gasteiger partial charge >= 0.3 is 0 Å². The van der Waals surface area contributed by atoms with E-state index in [2.05, 4.69) is 24.3 Å². The van der Waals surface area contributed by atoms with Gasteiger partial charge in [-0.25, -0.2) is 0 Å². The number of hydrogen-bond donors (Lipinski definition) is 1. The Hall–Kier alpha value is -0.720. The van der Waals surface area contributed by atoms with Crippen LogP contribution >= 0.6 is 0 Å². The van der Waals surface area contributed by atoms with Crippen LogP contribution in [0.1, 0.15) is 37.3 Å². The highest BCUT2D eigenvalue weighted by molar-refractivity contribution is 5.26. The van der Waals surface area contributed by atoms with E-state index in [9.17, 15) is 0 Å². The Morgan fingerprint density at radius 3 is 3.08 bits per heavy atom. The summed E-state index contributed by atoms with van der Waals surface area (Å²) >= 11 is 0. The molecule has 0 spiro atoms. The molecule has 0 bridgehead atoms. The molecule has 1 nitrogen and oxygen atoms in total. The Kier molecular flexibility index (Phi) is 2.20. The van der Waals surface area contributed by atoms with Gasteiger partial charge in [-0.3, -0.25) is 0 Å². The summed E-state index contributed by atoms with van der Waals surface area (Å²) in [5, 5.41) is 0. The molecule has 66 valence electrons. The molecule has 1 N–H and O–H groups in total. The fraction of sp³-hybridized carbons (Fsp3) is 0.636. The van der Waals surface area contributed by atoms with E-state index in [0.29, 0.717) is 0 Å². The van der Waals surface area contributed by atoms with Crippen molar-refractivity contribution in [2.45, 2.75) is 39.0 Å². The van der Waals surface area contributed by atoms with Gasteiger partial charge in [0.05, 0.1) is 0 Å². The molecular weight excluding hydrogens is 146 g/mol. The first-order valence-corrected chi connectivity index (χ1v) is 5.04. The highest BCUT2D eigenvalue weighted by Gasteiger charge is 2.17. The van der Waals surface area contributed by atoms with Gasteiger partial charge in [0.25, 0.3) is 0 Å². The predicted molar refractivity (Wildman–Crippen MR) is 51.2 cm³/mol. The zero-order chi connectivity index (χ0) is 8.39. The van der Waals surface area contributed by atoms with Crippen molar-refractivity contribution in [2.24, 2.45) is 5.92 Å². The Balaban J connectivity index is 2.05. The third-order valence-corrected chi connectivity index (χ3v) is 2.96. The number of aromatic nitrogens is 1. The molecule has 1 aromatic heterocycles. The molecule has 2 rings (SSSR count). The lowest BCUT2D eigenvalue weighted by Crippen LogP contribution is -2.12. The lowest BCUT2D eigenvalue weighted by molar-refractivity contribution is 0.424. The summed E-state index contributed by atoms with van der Waals surface area (Å²) in [5.41, 5.74) is 3.13. The predicted octanol–water partition coefficient (Wildman–Crippen LogP) is 2.92. The molecule has 0 saturated carbocycles. The van der Waals surface area contributed by atoms with Gasteiger partial charge in [0.2, 0.25) is 0 Å². The van der Waals surface area contributed by atoms with Crippen LogP contribution in [0.15, 0.2) is 12.4 Å². The second-order valence-electron chi connectivity index (χ2n) is 3.90. The van der Waals surface area contributed by atoms with Crippen LogP contribution in [0, 0.1) is 5.92 Å². The molecular formula is C11H17N. The van der Waals surface area contributed by atoms with Gasteiger partial charge in [-0.1, -0.05) is 19.8 Å². The number of hydrogen-bond acceptors (Lipinski definition) is 0. The molecule has 1 aromatic rings. The average molecular weight is 163 g/mol. The first kappa shape index (κ1) is 7.90. The average Bonchev–Trinajstić information content (AvgIpc) is 2.51. The topological polar surface area (TPSA) is 15.8 Å². The second kappa shape index (κ2) is 3.34. The zero-order valence-corrected chi connectivity index (χ0v) is 7.77. The number of H-pyrrole nitrogens is 1. The number of fused-ring (bicyclic) bond motifs is 1. The zero-order valence-electron chi connectivity index (χ0n) is 7.77. The van der Waals surface area contributed by atoms with Crippen molar-refractivity contribution in [3.63, 3.8) is 0 Å². The van der Waals surface area contributed by atoms with Crippen LogP contribution in [0.3, 0.4) is 0 Å². The van der Waals surface area contributed by atoms with Crippen molar-refractivity contribution < 1.29 is 0 Å². The number of nitrogens with one attached hydrogen (secondary N) is 1. The molecule has 1 atom stereocenters. The summed E-state index contributed by atoms with van der Waals surface area (Å²) in [6.45, 7) is 2.28. The van der Waals surface area contributed by atoms with Gasteiger partial charge in [0.1, 0.15) is 0 Å². The summed E-state index contributed by atoms with van der Waals surface area (Å²) in [6, 6.07) is 0. The molecule has 1 unspecified atom stereocenters. The Bertz CT molecular complexity index is 249. The maximum Gasteiger partial charge on any atom is 0.00403 e. The third kappa shape index (κ3) is 1.40. The lowest BCUT2D eigenvalue weighted by atomic mass is 9.84. The molecule has 0 fully saturated rings. The van der Waals surface area contributed by atoms with Gasteiger partial charge in [-0.15, -0.1) is 0 Å². The monoisotopic (exact) mass is 163 g/mol. The maximum absolute atomic E-state index is 3.20. The minimum absolute atomic E-state index is 0.957. The first-order chi connectivity index (χ1) is 5.90. The van der Waals surface area contributed by atoms with Gasteiger partial charge in [0, 0.05) is 12.4 Å². The minimum atomic E-state index is 0.957. The SMILES string of the molecule is CCCC1CCc2c[nH]cc2C1. The smallest absolute Gasteiger partial charge is 0.00403 e. The Morgan fingerprint density at radius 1 is 1.42 bits per heavy atom. The van der Waals surface area contributed by atoms with Crippen LogP contribution in [-0.2, 0) is 12.8 Å². The standard InChI is InChI=1S/C11H17N/c1-2-3-9-4-5-10-7-12-8-11(10)6-9/h7-9,12H,2-6H2,1H3.